The largest absolute Gasteiger partial charge is 0.497 e. The number of aromatic nitrogens is 3. The zero-order valence-corrected chi connectivity index (χ0v) is 19.1. The highest BCUT2D eigenvalue weighted by Crippen LogP contribution is 2.21. The summed E-state index contributed by atoms with van der Waals surface area (Å²) in [6.45, 7) is 2.42. The maximum absolute atomic E-state index is 13.0. The Labute approximate surface area is 197 Å². The molecule has 3 aromatic carbocycles. The number of aryl methyl sites for hydroxylation is 1. The Morgan fingerprint density at radius 1 is 1.06 bits per heavy atom. The molecule has 0 spiro atoms. The molecule has 0 aliphatic heterocycles. The van der Waals surface area contributed by atoms with Gasteiger partial charge in [-0.3, -0.25) is 4.79 Å². The van der Waals surface area contributed by atoms with Gasteiger partial charge in [0.1, 0.15) is 5.75 Å². The Morgan fingerprint density at radius 3 is 2.48 bits per heavy atom. The molecule has 0 fully saturated rings. The smallest absolute Gasteiger partial charge is 0.274 e. The Bertz CT molecular complexity index is 1280. The Morgan fingerprint density at radius 2 is 1.79 bits per heavy atom. The number of ether oxygens (including phenoxy) is 1. The van der Waals surface area contributed by atoms with Crippen LogP contribution < -0.4 is 10.1 Å². The van der Waals surface area contributed by atoms with E-state index in [1.54, 1.807) is 13.2 Å². The minimum Gasteiger partial charge on any atom is -0.497 e. The van der Waals surface area contributed by atoms with Crippen LogP contribution in [-0.2, 0) is 6.54 Å². The maximum Gasteiger partial charge on any atom is 0.274 e. The van der Waals surface area contributed by atoms with Crippen molar-refractivity contribution in [2.24, 2.45) is 0 Å². The predicted octanol–water partition coefficient (Wildman–Crippen LogP) is 5.88. The van der Waals surface area contributed by atoms with E-state index in [2.05, 4.69) is 15.4 Å². The second kappa shape index (κ2) is 10.1. The van der Waals surface area contributed by atoms with E-state index in [1.165, 1.54) is 10.8 Å². The fraction of sp³-hybridized carbons (Fsp3) is 0.115. The first-order valence-electron chi connectivity index (χ1n) is 10.4. The van der Waals surface area contributed by atoms with E-state index < -0.39 is 0 Å². The van der Waals surface area contributed by atoms with Gasteiger partial charge in [0.05, 0.1) is 7.11 Å². The first kappa shape index (κ1) is 22.3. The SMILES string of the molecule is COc1ccc(C=CC(=O)n2nc(-c3ccc(C)cc3)nc2NCc2ccccc2Cl)cc1. The first-order chi connectivity index (χ1) is 16.0. The maximum atomic E-state index is 13.0. The molecule has 0 bridgehead atoms. The van der Waals surface area contributed by atoms with Crippen LogP contribution >= 0.6 is 11.6 Å². The fourth-order valence-corrected chi connectivity index (χ4v) is 3.38. The third-order valence-corrected chi connectivity index (χ3v) is 5.42. The molecule has 1 aromatic heterocycles. The average Bonchev–Trinajstić information content (AvgIpc) is 3.27. The Balaban J connectivity index is 1.62. The molecule has 0 aliphatic rings. The lowest BCUT2D eigenvalue weighted by atomic mass is 10.1. The van der Waals surface area contributed by atoms with Gasteiger partial charge in [0.15, 0.2) is 5.82 Å². The standard InChI is InChI=1S/C26H23ClN4O2/c1-18-7-12-20(13-8-18)25-29-26(28-17-21-5-3-4-6-23(21)27)31(30-25)24(32)16-11-19-9-14-22(33-2)15-10-19/h3-16H,17H2,1-2H3,(H,28,29,30). The lowest BCUT2D eigenvalue weighted by Gasteiger charge is -2.07. The van der Waals surface area contributed by atoms with Gasteiger partial charge in [-0.25, -0.2) is 0 Å². The third kappa shape index (κ3) is 5.48. The summed E-state index contributed by atoms with van der Waals surface area (Å²) < 4.78 is 6.44. The summed E-state index contributed by atoms with van der Waals surface area (Å²) in [6, 6.07) is 22.8. The Hall–Kier alpha value is -3.90. The molecule has 0 aliphatic carbocycles. The van der Waals surface area contributed by atoms with E-state index in [1.807, 2.05) is 79.7 Å². The number of hydrogen-bond acceptors (Lipinski definition) is 5. The number of halogens is 1. The van der Waals surface area contributed by atoms with Crippen molar-refractivity contribution in [1.82, 2.24) is 14.8 Å². The molecule has 0 saturated heterocycles. The van der Waals surface area contributed by atoms with Crippen molar-refractivity contribution in [3.63, 3.8) is 0 Å². The van der Waals surface area contributed by atoms with Crippen molar-refractivity contribution in [2.45, 2.75) is 13.5 Å². The normalized spacial score (nSPS) is 11.0. The van der Waals surface area contributed by atoms with Gasteiger partial charge in [0, 0.05) is 23.2 Å². The minimum atomic E-state index is -0.321. The van der Waals surface area contributed by atoms with Crippen LogP contribution in [0.2, 0.25) is 5.02 Å². The van der Waals surface area contributed by atoms with E-state index in [-0.39, 0.29) is 5.91 Å². The molecule has 0 atom stereocenters. The van der Waals surface area contributed by atoms with Crippen molar-refractivity contribution in [3.8, 4) is 17.1 Å². The van der Waals surface area contributed by atoms with Gasteiger partial charge < -0.3 is 10.1 Å². The molecule has 1 heterocycles. The lowest BCUT2D eigenvalue weighted by Crippen LogP contribution is -2.14. The molecule has 7 heteroatoms. The van der Waals surface area contributed by atoms with Gasteiger partial charge in [-0.15, -0.1) is 5.10 Å². The van der Waals surface area contributed by atoms with Crippen molar-refractivity contribution >= 4 is 29.5 Å². The van der Waals surface area contributed by atoms with E-state index >= 15 is 0 Å². The van der Waals surface area contributed by atoms with Crippen LogP contribution in [0.5, 0.6) is 5.75 Å². The number of benzene rings is 3. The Kier molecular flexibility index (Phi) is 6.86. The van der Waals surface area contributed by atoms with Crippen LogP contribution in [0.3, 0.4) is 0 Å². The van der Waals surface area contributed by atoms with Crippen LogP contribution in [0.4, 0.5) is 5.95 Å². The average molecular weight is 459 g/mol. The molecule has 166 valence electrons. The van der Waals surface area contributed by atoms with E-state index in [4.69, 9.17) is 16.3 Å². The summed E-state index contributed by atoms with van der Waals surface area (Å²) in [5.74, 6) is 1.24. The topological polar surface area (TPSA) is 69.0 Å². The van der Waals surface area contributed by atoms with E-state index in [0.29, 0.717) is 23.3 Å². The summed E-state index contributed by atoms with van der Waals surface area (Å²) >= 11 is 6.28. The number of hydrogen-bond donors (Lipinski definition) is 1. The third-order valence-electron chi connectivity index (χ3n) is 5.05. The van der Waals surface area contributed by atoms with Gasteiger partial charge in [-0.05, 0) is 42.3 Å². The molecule has 0 amide bonds. The molecule has 0 radical (unpaired) electrons. The van der Waals surface area contributed by atoms with Crippen molar-refractivity contribution < 1.29 is 9.53 Å². The molecular formula is C26H23ClN4O2. The van der Waals surface area contributed by atoms with Crippen LogP contribution in [0.15, 0.2) is 78.9 Å². The number of rotatable bonds is 7. The number of anilines is 1. The van der Waals surface area contributed by atoms with Gasteiger partial charge in [-0.2, -0.15) is 9.67 Å². The van der Waals surface area contributed by atoms with Crippen LogP contribution in [0, 0.1) is 6.92 Å². The van der Waals surface area contributed by atoms with Crippen LogP contribution in [-0.4, -0.2) is 27.8 Å². The van der Waals surface area contributed by atoms with Crippen LogP contribution in [0.1, 0.15) is 21.5 Å². The van der Waals surface area contributed by atoms with E-state index in [9.17, 15) is 4.79 Å². The molecular weight excluding hydrogens is 436 g/mol. The van der Waals surface area contributed by atoms with Gasteiger partial charge in [0.2, 0.25) is 5.95 Å². The minimum absolute atomic E-state index is 0.321. The highest BCUT2D eigenvalue weighted by Gasteiger charge is 2.16. The molecule has 0 saturated carbocycles. The first-order valence-corrected chi connectivity index (χ1v) is 10.8. The predicted molar refractivity (Wildman–Crippen MR) is 132 cm³/mol. The highest BCUT2D eigenvalue weighted by atomic mass is 35.5. The summed E-state index contributed by atoms with van der Waals surface area (Å²) in [7, 11) is 1.61. The van der Waals surface area contributed by atoms with Gasteiger partial charge >= 0.3 is 0 Å². The van der Waals surface area contributed by atoms with Gasteiger partial charge in [0.25, 0.3) is 5.91 Å². The molecule has 6 nitrogen and oxygen atoms in total. The zero-order chi connectivity index (χ0) is 23.2. The van der Waals surface area contributed by atoms with Crippen LogP contribution in [0.25, 0.3) is 17.5 Å². The number of carbonyl (C=O) groups is 1. The summed E-state index contributed by atoms with van der Waals surface area (Å²) in [5, 5.41) is 8.31. The van der Waals surface area contributed by atoms with E-state index in [0.717, 1.165) is 28.0 Å². The highest BCUT2D eigenvalue weighted by molar-refractivity contribution is 6.31. The number of allylic oxidation sites excluding steroid dienone is 1. The summed E-state index contributed by atoms with van der Waals surface area (Å²) in [5.41, 5.74) is 3.72. The number of nitrogens with one attached hydrogen (secondary N) is 1. The van der Waals surface area contributed by atoms with Crippen molar-refractivity contribution in [3.05, 3.63) is 101 Å². The van der Waals surface area contributed by atoms with Crippen molar-refractivity contribution in [1.29, 1.82) is 0 Å². The summed E-state index contributed by atoms with van der Waals surface area (Å²) in [6.07, 6.45) is 3.20. The second-order valence-corrected chi connectivity index (χ2v) is 7.83. The summed E-state index contributed by atoms with van der Waals surface area (Å²) in [4.78, 5) is 17.6. The number of methoxy groups -OCH3 is 1. The second-order valence-electron chi connectivity index (χ2n) is 7.43. The molecule has 4 aromatic rings. The van der Waals surface area contributed by atoms with Crippen molar-refractivity contribution in [2.75, 3.05) is 12.4 Å². The molecule has 0 unspecified atom stereocenters. The quantitative estimate of drug-likeness (QED) is 0.350. The number of carbonyl (C=O) groups excluding carboxylic acids is 1. The zero-order valence-electron chi connectivity index (χ0n) is 18.3. The monoisotopic (exact) mass is 458 g/mol. The molecule has 4 rings (SSSR count). The lowest BCUT2D eigenvalue weighted by molar-refractivity contribution is 0.0957. The molecule has 1 N–H and O–H groups in total. The fourth-order valence-electron chi connectivity index (χ4n) is 3.17. The number of nitrogens with zero attached hydrogens (tertiary/aromatic N) is 3. The molecule has 33 heavy (non-hydrogen) atoms. The van der Waals surface area contributed by atoms with Gasteiger partial charge in [-0.1, -0.05) is 71.8 Å².